The first-order valence-electron chi connectivity index (χ1n) is 11.2. The molecule has 3 aromatic rings. The van der Waals surface area contributed by atoms with E-state index in [9.17, 15) is 9.59 Å². The van der Waals surface area contributed by atoms with Crippen molar-refractivity contribution >= 4 is 11.9 Å². The van der Waals surface area contributed by atoms with Crippen LogP contribution in [0.5, 0.6) is 0 Å². The first-order valence-corrected chi connectivity index (χ1v) is 11.2. The SMILES string of the molecule is CC1OC(=O)c2ccc(CCN3CCN(C(=O)Cc4ccc(-n5cnnn5)cc4)CC3)cc21. The van der Waals surface area contributed by atoms with Crippen LogP contribution in [0.15, 0.2) is 48.8 Å². The van der Waals surface area contributed by atoms with Crippen molar-refractivity contribution in [3.05, 3.63) is 71.0 Å². The van der Waals surface area contributed by atoms with Crippen LogP contribution in [0.2, 0.25) is 0 Å². The molecule has 9 nitrogen and oxygen atoms in total. The van der Waals surface area contributed by atoms with E-state index in [0.717, 1.165) is 56.0 Å². The third-order valence-electron chi connectivity index (χ3n) is 6.40. The van der Waals surface area contributed by atoms with Crippen LogP contribution in [-0.4, -0.2) is 74.6 Å². The highest BCUT2D eigenvalue weighted by Crippen LogP contribution is 2.30. The van der Waals surface area contributed by atoms with Gasteiger partial charge in [-0.1, -0.05) is 24.3 Å². The topological polar surface area (TPSA) is 93.5 Å². The van der Waals surface area contributed by atoms with Crippen LogP contribution in [-0.2, 0) is 22.4 Å². The molecule has 0 radical (unpaired) electrons. The fourth-order valence-electron chi connectivity index (χ4n) is 4.42. The molecule has 0 saturated carbocycles. The molecule has 0 aliphatic carbocycles. The van der Waals surface area contributed by atoms with Crippen molar-refractivity contribution in [1.82, 2.24) is 30.0 Å². The van der Waals surface area contributed by atoms with Gasteiger partial charge in [0.25, 0.3) is 0 Å². The highest BCUT2D eigenvalue weighted by Gasteiger charge is 2.28. The molecule has 1 fully saturated rings. The molecule has 1 unspecified atom stereocenters. The lowest BCUT2D eigenvalue weighted by Gasteiger charge is -2.35. The number of esters is 1. The van der Waals surface area contributed by atoms with E-state index in [0.29, 0.717) is 12.0 Å². The molecule has 1 amide bonds. The predicted octanol–water partition coefficient (Wildman–Crippen LogP) is 1.82. The number of tetrazole rings is 1. The summed E-state index contributed by atoms with van der Waals surface area (Å²) in [5, 5.41) is 11.1. The van der Waals surface area contributed by atoms with E-state index in [-0.39, 0.29) is 18.0 Å². The zero-order valence-electron chi connectivity index (χ0n) is 18.6. The Labute approximate surface area is 191 Å². The standard InChI is InChI=1S/C24H26N6O3/c1-17-22-14-19(4-7-21(22)24(32)33-17)8-9-28-10-12-29(13-11-28)23(31)15-18-2-5-20(6-3-18)30-16-25-26-27-30/h2-7,14,16-17H,8-13,15H2,1H3. The van der Waals surface area contributed by atoms with Gasteiger partial charge in [0.2, 0.25) is 5.91 Å². The van der Waals surface area contributed by atoms with Gasteiger partial charge in [-0.3, -0.25) is 9.69 Å². The minimum atomic E-state index is -0.228. The molecule has 2 aromatic carbocycles. The van der Waals surface area contributed by atoms with Crippen molar-refractivity contribution in [3.8, 4) is 5.69 Å². The number of nitrogens with zero attached hydrogens (tertiary/aromatic N) is 6. The van der Waals surface area contributed by atoms with Crippen LogP contribution in [0.4, 0.5) is 0 Å². The van der Waals surface area contributed by atoms with Crippen molar-refractivity contribution < 1.29 is 14.3 Å². The number of fused-ring (bicyclic) bond motifs is 1. The van der Waals surface area contributed by atoms with Gasteiger partial charge in [-0.15, -0.1) is 5.10 Å². The molecule has 3 heterocycles. The molecule has 2 aliphatic heterocycles. The summed E-state index contributed by atoms with van der Waals surface area (Å²) in [5.41, 5.74) is 4.72. The Morgan fingerprint density at radius 1 is 1.06 bits per heavy atom. The van der Waals surface area contributed by atoms with Gasteiger partial charge in [0.1, 0.15) is 12.4 Å². The molecule has 2 aliphatic rings. The molecule has 1 aromatic heterocycles. The molecule has 1 saturated heterocycles. The maximum atomic E-state index is 12.8. The van der Waals surface area contributed by atoms with Gasteiger partial charge in [0, 0.05) is 38.3 Å². The Morgan fingerprint density at radius 2 is 1.82 bits per heavy atom. The molecule has 0 N–H and O–H groups in total. The largest absolute Gasteiger partial charge is 0.454 e. The summed E-state index contributed by atoms with van der Waals surface area (Å²) in [5.74, 6) is -0.0737. The quantitative estimate of drug-likeness (QED) is 0.533. The number of carbonyl (C=O) groups is 2. The third kappa shape index (κ3) is 4.63. The number of amides is 1. The molecule has 9 heteroatoms. The lowest BCUT2D eigenvalue weighted by Crippen LogP contribution is -2.49. The minimum Gasteiger partial charge on any atom is -0.454 e. The number of carbonyl (C=O) groups excluding carboxylic acids is 2. The van der Waals surface area contributed by atoms with Gasteiger partial charge in [-0.25, -0.2) is 9.48 Å². The summed E-state index contributed by atoms with van der Waals surface area (Å²) in [6.07, 6.45) is 2.68. The average Bonchev–Trinajstić information content (AvgIpc) is 3.47. The van der Waals surface area contributed by atoms with Crippen molar-refractivity contribution in [2.24, 2.45) is 0 Å². The molecule has 1 atom stereocenters. The summed E-state index contributed by atoms with van der Waals surface area (Å²) in [4.78, 5) is 28.9. The zero-order valence-corrected chi connectivity index (χ0v) is 18.6. The molecular weight excluding hydrogens is 420 g/mol. The average molecular weight is 447 g/mol. The lowest BCUT2D eigenvalue weighted by atomic mass is 10.0. The molecule has 5 rings (SSSR count). The number of piperazine rings is 1. The second-order valence-corrected chi connectivity index (χ2v) is 8.54. The van der Waals surface area contributed by atoms with Gasteiger partial charge < -0.3 is 9.64 Å². The normalized spacial score (nSPS) is 18.3. The van der Waals surface area contributed by atoms with E-state index in [4.69, 9.17) is 4.74 Å². The number of hydrogen-bond acceptors (Lipinski definition) is 7. The van der Waals surface area contributed by atoms with Crippen LogP contribution in [0.1, 0.15) is 40.1 Å². The maximum absolute atomic E-state index is 12.8. The van der Waals surface area contributed by atoms with Gasteiger partial charge in [-0.05, 0) is 53.1 Å². The second-order valence-electron chi connectivity index (χ2n) is 8.54. The Morgan fingerprint density at radius 3 is 2.55 bits per heavy atom. The maximum Gasteiger partial charge on any atom is 0.339 e. The van der Waals surface area contributed by atoms with Gasteiger partial charge in [0.05, 0.1) is 17.7 Å². The van der Waals surface area contributed by atoms with Crippen LogP contribution in [0.3, 0.4) is 0 Å². The van der Waals surface area contributed by atoms with Crippen molar-refractivity contribution in [2.45, 2.75) is 25.9 Å². The molecule has 0 bridgehead atoms. The summed E-state index contributed by atoms with van der Waals surface area (Å²) >= 11 is 0. The first kappa shape index (κ1) is 21.3. The van der Waals surface area contributed by atoms with Crippen LogP contribution >= 0.6 is 0 Å². The molecule has 0 spiro atoms. The van der Waals surface area contributed by atoms with Gasteiger partial charge in [-0.2, -0.15) is 0 Å². The summed E-state index contributed by atoms with van der Waals surface area (Å²) < 4.78 is 6.87. The van der Waals surface area contributed by atoms with E-state index in [1.54, 1.807) is 11.0 Å². The number of aromatic nitrogens is 4. The Hall–Kier alpha value is -3.59. The van der Waals surface area contributed by atoms with Crippen LogP contribution < -0.4 is 0 Å². The van der Waals surface area contributed by atoms with E-state index >= 15 is 0 Å². The predicted molar refractivity (Wildman–Crippen MR) is 120 cm³/mol. The van der Waals surface area contributed by atoms with E-state index in [2.05, 4.69) is 26.5 Å². The molecular formula is C24H26N6O3. The smallest absolute Gasteiger partial charge is 0.339 e. The van der Waals surface area contributed by atoms with Crippen LogP contribution in [0, 0.1) is 0 Å². The minimum absolute atomic E-state index is 0.155. The summed E-state index contributed by atoms with van der Waals surface area (Å²) in [7, 11) is 0. The number of ether oxygens (including phenoxy) is 1. The number of rotatable bonds is 6. The van der Waals surface area contributed by atoms with E-state index in [1.165, 1.54) is 5.56 Å². The number of cyclic esters (lactones) is 1. The van der Waals surface area contributed by atoms with E-state index < -0.39 is 0 Å². The van der Waals surface area contributed by atoms with Crippen LogP contribution in [0.25, 0.3) is 5.69 Å². The van der Waals surface area contributed by atoms with Crippen molar-refractivity contribution in [3.63, 3.8) is 0 Å². The highest BCUT2D eigenvalue weighted by molar-refractivity contribution is 5.94. The number of benzene rings is 2. The summed E-state index contributed by atoms with van der Waals surface area (Å²) in [6.45, 7) is 6.06. The highest BCUT2D eigenvalue weighted by atomic mass is 16.5. The monoisotopic (exact) mass is 446 g/mol. The van der Waals surface area contributed by atoms with Crippen molar-refractivity contribution in [2.75, 3.05) is 32.7 Å². The summed E-state index contributed by atoms with van der Waals surface area (Å²) in [6, 6.07) is 13.7. The van der Waals surface area contributed by atoms with Crippen molar-refractivity contribution in [1.29, 1.82) is 0 Å². The van der Waals surface area contributed by atoms with E-state index in [1.807, 2.05) is 48.2 Å². The fraction of sp³-hybridized carbons (Fsp3) is 0.375. The second kappa shape index (κ2) is 9.11. The van der Waals surface area contributed by atoms with Gasteiger partial charge >= 0.3 is 5.97 Å². The van der Waals surface area contributed by atoms with Gasteiger partial charge in [0.15, 0.2) is 0 Å². The molecule has 170 valence electrons. The Bertz CT molecular complexity index is 1140. The molecule has 33 heavy (non-hydrogen) atoms. The fourth-order valence-corrected chi connectivity index (χ4v) is 4.42. The Kier molecular flexibility index (Phi) is 5.87. The third-order valence-corrected chi connectivity index (χ3v) is 6.40. The first-order chi connectivity index (χ1) is 16.1. The zero-order chi connectivity index (χ0) is 22.8. The number of hydrogen-bond donors (Lipinski definition) is 0. The lowest BCUT2D eigenvalue weighted by molar-refractivity contribution is -0.132. The Balaban J connectivity index is 1.09.